The van der Waals surface area contributed by atoms with Gasteiger partial charge >= 0.3 is 0 Å². The molecule has 0 fully saturated rings. The molecule has 4 rings (SSSR count). The second kappa shape index (κ2) is 3.76. The summed E-state index contributed by atoms with van der Waals surface area (Å²) in [7, 11) is 2.11. The lowest BCUT2D eigenvalue weighted by molar-refractivity contribution is 1.75. The molecular formula is C16H11BIN. The van der Waals surface area contributed by atoms with Gasteiger partial charge in [0.1, 0.15) is 7.85 Å². The van der Waals surface area contributed by atoms with Gasteiger partial charge in [-0.1, -0.05) is 47.9 Å². The van der Waals surface area contributed by atoms with Gasteiger partial charge in [0.25, 0.3) is 0 Å². The molecule has 4 aromatic carbocycles. The zero-order chi connectivity index (χ0) is 13.1. The number of rotatable bonds is 0. The Balaban J connectivity index is 2.47. The van der Waals surface area contributed by atoms with E-state index < -0.39 is 0 Å². The zero-order valence-corrected chi connectivity index (χ0v) is 12.7. The van der Waals surface area contributed by atoms with Gasteiger partial charge < -0.3 is 5.73 Å². The van der Waals surface area contributed by atoms with Gasteiger partial charge in [-0.15, -0.1) is 0 Å². The highest BCUT2D eigenvalue weighted by atomic mass is 127. The number of benzene rings is 4. The highest BCUT2D eigenvalue weighted by Crippen LogP contribution is 2.37. The van der Waals surface area contributed by atoms with Gasteiger partial charge in [-0.3, -0.25) is 0 Å². The average Bonchev–Trinajstić information content (AvgIpc) is 2.45. The van der Waals surface area contributed by atoms with Crippen molar-refractivity contribution in [3.8, 4) is 0 Å². The van der Waals surface area contributed by atoms with Crippen molar-refractivity contribution in [1.29, 1.82) is 0 Å². The molecule has 0 unspecified atom stereocenters. The van der Waals surface area contributed by atoms with Crippen molar-refractivity contribution in [2.45, 2.75) is 0 Å². The van der Waals surface area contributed by atoms with Crippen LogP contribution in [-0.4, -0.2) is 7.85 Å². The van der Waals surface area contributed by atoms with Gasteiger partial charge in [0.2, 0.25) is 0 Å². The molecule has 0 bridgehead atoms. The predicted molar refractivity (Wildman–Crippen MR) is 95.5 cm³/mol. The SMILES string of the molecule is Bc1c(N)c(I)c2ccc3cccc4ccc1c2c43. The summed E-state index contributed by atoms with van der Waals surface area (Å²) >= 11 is 2.36. The number of hydrogen-bond donors (Lipinski definition) is 1. The van der Waals surface area contributed by atoms with Gasteiger partial charge in [-0.05, 0) is 54.9 Å². The number of halogens is 1. The molecule has 3 heteroatoms. The van der Waals surface area contributed by atoms with Crippen LogP contribution in [0.5, 0.6) is 0 Å². The smallest absolute Gasteiger partial charge is 0.142 e. The fourth-order valence-electron chi connectivity index (χ4n) is 3.03. The first-order chi connectivity index (χ1) is 9.18. The first kappa shape index (κ1) is 11.4. The maximum atomic E-state index is 6.25. The van der Waals surface area contributed by atoms with Crippen LogP contribution in [-0.2, 0) is 0 Å². The Morgan fingerprint density at radius 2 is 1.47 bits per heavy atom. The zero-order valence-electron chi connectivity index (χ0n) is 10.5. The van der Waals surface area contributed by atoms with E-state index in [4.69, 9.17) is 5.73 Å². The third kappa shape index (κ3) is 1.36. The van der Waals surface area contributed by atoms with Gasteiger partial charge in [-0.25, -0.2) is 0 Å². The second-order valence-electron chi connectivity index (χ2n) is 5.03. The molecule has 1 nitrogen and oxygen atoms in total. The summed E-state index contributed by atoms with van der Waals surface area (Å²) in [5, 5.41) is 7.86. The minimum atomic E-state index is 0.909. The summed E-state index contributed by atoms with van der Waals surface area (Å²) < 4.78 is 1.17. The van der Waals surface area contributed by atoms with E-state index in [1.54, 1.807) is 0 Å². The van der Waals surface area contributed by atoms with E-state index in [2.05, 4.69) is 72.9 Å². The first-order valence-corrected chi connectivity index (χ1v) is 7.37. The molecule has 0 aliphatic carbocycles. The minimum Gasteiger partial charge on any atom is -0.398 e. The summed E-state index contributed by atoms with van der Waals surface area (Å²) in [5.74, 6) is 0. The first-order valence-electron chi connectivity index (χ1n) is 6.29. The molecule has 0 saturated heterocycles. The number of nitrogen functional groups attached to an aromatic ring is 1. The van der Waals surface area contributed by atoms with Crippen molar-refractivity contribution in [3.63, 3.8) is 0 Å². The highest BCUT2D eigenvalue weighted by molar-refractivity contribution is 14.1. The average molecular weight is 355 g/mol. The quantitative estimate of drug-likeness (QED) is 0.223. The third-order valence-electron chi connectivity index (χ3n) is 4.06. The van der Waals surface area contributed by atoms with Gasteiger partial charge in [-0.2, -0.15) is 0 Å². The molecule has 19 heavy (non-hydrogen) atoms. The summed E-state index contributed by atoms with van der Waals surface area (Å²) in [6.07, 6.45) is 0. The lowest BCUT2D eigenvalue weighted by Crippen LogP contribution is -2.13. The Labute approximate surface area is 125 Å². The van der Waals surface area contributed by atoms with Crippen molar-refractivity contribution >= 4 is 73.9 Å². The van der Waals surface area contributed by atoms with Crippen LogP contribution >= 0.6 is 22.6 Å². The fourth-order valence-corrected chi connectivity index (χ4v) is 3.89. The molecule has 0 radical (unpaired) electrons. The Morgan fingerprint density at radius 3 is 2.16 bits per heavy atom. The standard InChI is InChI=1S/C16H11BIN/c17-14-10-6-4-8-2-1-3-9-5-7-11(13(10)12(8)9)15(18)16(14)19/h1-7H,17,19H2. The van der Waals surface area contributed by atoms with Crippen LogP contribution < -0.4 is 11.2 Å². The molecule has 0 heterocycles. The lowest BCUT2D eigenvalue weighted by Gasteiger charge is -2.16. The Bertz CT molecular complexity index is 876. The maximum Gasteiger partial charge on any atom is 0.142 e. The van der Waals surface area contributed by atoms with E-state index >= 15 is 0 Å². The van der Waals surface area contributed by atoms with E-state index in [1.165, 1.54) is 41.4 Å². The summed E-state index contributed by atoms with van der Waals surface area (Å²) in [6.45, 7) is 0. The maximum absolute atomic E-state index is 6.25. The summed E-state index contributed by atoms with van der Waals surface area (Å²) in [6, 6.07) is 15.3. The van der Waals surface area contributed by atoms with Crippen LogP contribution in [0.1, 0.15) is 0 Å². The fraction of sp³-hybridized carbons (Fsp3) is 0. The molecule has 2 N–H and O–H groups in total. The topological polar surface area (TPSA) is 26.0 Å². The third-order valence-corrected chi connectivity index (χ3v) is 5.22. The van der Waals surface area contributed by atoms with Gasteiger partial charge in [0.15, 0.2) is 0 Å². The molecule has 0 saturated carbocycles. The molecule has 0 aromatic heterocycles. The van der Waals surface area contributed by atoms with Crippen LogP contribution in [0.2, 0.25) is 0 Å². The molecule has 0 aliphatic rings. The Hall–Kier alpha value is -1.49. The monoisotopic (exact) mass is 355 g/mol. The van der Waals surface area contributed by atoms with Crippen molar-refractivity contribution in [2.75, 3.05) is 5.73 Å². The van der Waals surface area contributed by atoms with Crippen LogP contribution in [0.4, 0.5) is 5.69 Å². The van der Waals surface area contributed by atoms with Gasteiger partial charge in [0.05, 0.1) is 0 Å². The molecular weight excluding hydrogens is 344 g/mol. The highest BCUT2D eigenvalue weighted by Gasteiger charge is 2.14. The van der Waals surface area contributed by atoms with E-state index in [9.17, 15) is 0 Å². The summed E-state index contributed by atoms with van der Waals surface area (Å²) in [4.78, 5) is 0. The van der Waals surface area contributed by atoms with Gasteiger partial charge in [0, 0.05) is 9.26 Å². The number of anilines is 1. The second-order valence-corrected chi connectivity index (χ2v) is 6.11. The molecule has 0 atom stereocenters. The minimum absolute atomic E-state index is 0.909. The number of nitrogens with two attached hydrogens (primary N) is 1. The molecule has 0 amide bonds. The Morgan fingerprint density at radius 1 is 0.842 bits per heavy atom. The molecule has 0 spiro atoms. The van der Waals surface area contributed by atoms with E-state index in [-0.39, 0.29) is 0 Å². The molecule has 4 aromatic rings. The molecule has 0 aliphatic heterocycles. The van der Waals surface area contributed by atoms with E-state index in [1.807, 2.05) is 0 Å². The van der Waals surface area contributed by atoms with Crippen LogP contribution in [0.3, 0.4) is 0 Å². The van der Waals surface area contributed by atoms with Crippen LogP contribution in [0.25, 0.3) is 32.3 Å². The van der Waals surface area contributed by atoms with Crippen molar-refractivity contribution in [1.82, 2.24) is 0 Å². The van der Waals surface area contributed by atoms with E-state index in [0.29, 0.717) is 0 Å². The van der Waals surface area contributed by atoms with Crippen molar-refractivity contribution in [2.24, 2.45) is 0 Å². The lowest BCUT2D eigenvalue weighted by atomic mass is 9.84. The molecule has 90 valence electrons. The predicted octanol–water partition coefficient (Wildman–Crippen LogP) is 3.03. The summed E-state index contributed by atoms with van der Waals surface area (Å²) in [5.41, 5.74) is 8.35. The van der Waals surface area contributed by atoms with Crippen molar-refractivity contribution < 1.29 is 0 Å². The number of hydrogen-bond acceptors (Lipinski definition) is 1. The van der Waals surface area contributed by atoms with Crippen LogP contribution in [0, 0.1) is 3.57 Å². The van der Waals surface area contributed by atoms with Crippen molar-refractivity contribution in [3.05, 3.63) is 46.0 Å². The van der Waals surface area contributed by atoms with Crippen LogP contribution in [0.15, 0.2) is 42.5 Å². The largest absolute Gasteiger partial charge is 0.398 e. The van der Waals surface area contributed by atoms with E-state index in [0.717, 1.165) is 5.69 Å². The normalized spacial score (nSPS) is 11.8. The Kier molecular flexibility index (Phi) is 2.25.